The molecule has 0 aliphatic carbocycles. The van der Waals surface area contributed by atoms with Gasteiger partial charge in [0, 0.05) is 40.3 Å². The Balaban J connectivity index is 2.31. The average molecular weight is 329 g/mol. The molecule has 1 saturated heterocycles. The van der Waals surface area contributed by atoms with E-state index in [1.807, 2.05) is 11.8 Å². The summed E-state index contributed by atoms with van der Waals surface area (Å²) >= 11 is 5.63. The van der Waals surface area contributed by atoms with Gasteiger partial charge < -0.3 is 10.6 Å². The quantitative estimate of drug-likeness (QED) is 0.923. The van der Waals surface area contributed by atoms with Crippen LogP contribution in [-0.2, 0) is 6.42 Å². The van der Waals surface area contributed by atoms with Crippen molar-refractivity contribution in [1.29, 1.82) is 0 Å². The van der Waals surface area contributed by atoms with Gasteiger partial charge >= 0.3 is 0 Å². The minimum Gasteiger partial charge on any atom is -0.367 e. The smallest absolute Gasteiger partial charge is 0.0413 e. The van der Waals surface area contributed by atoms with E-state index in [1.54, 1.807) is 0 Å². The van der Waals surface area contributed by atoms with Gasteiger partial charge in [-0.05, 0) is 38.0 Å². The molecule has 2 nitrogen and oxygen atoms in total. The van der Waals surface area contributed by atoms with Gasteiger partial charge in [-0.1, -0.05) is 22.0 Å². The van der Waals surface area contributed by atoms with E-state index < -0.39 is 0 Å². The molecule has 0 spiro atoms. The maximum atomic E-state index is 5.96. The van der Waals surface area contributed by atoms with Gasteiger partial charge in [-0.2, -0.15) is 11.8 Å². The Morgan fingerprint density at radius 1 is 1.56 bits per heavy atom. The Morgan fingerprint density at radius 2 is 2.33 bits per heavy atom. The highest BCUT2D eigenvalue weighted by Gasteiger charge is 2.21. The van der Waals surface area contributed by atoms with Gasteiger partial charge in [0.05, 0.1) is 0 Å². The zero-order valence-corrected chi connectivity index (χ0v) is 13.4. The van der Waals surface area contributed by atoms with Gasteiger partial charge in [-0.15, -0.1) is 0 Å². The molecule has 18 heavy (non-hydrogen) atoms. The third kappa shape index (κ3) is 3.43. The fraction of sp³-hybridized carbons (Fsp3) is 0.571. The lowest BCUT2D eigenvalue weighted by molar-refractivity contribution is 0.684. The van der Waals surface area contributed by atoms with Gasteiger partial charge in [-0.25, -0.2) is 0 Å². The number of hydrogen-bond acceptors (Lipinski definition) is 3. The van der Waals surface area contributed by atoms with E-state index in [9.17, 15) is 0 Å². The standard InChI is InChI=1S/C14H21BrN2S/c1-10(16)7-12-3-4-13(15)8-14(12)17-5-6-18-9-11(17)2/h3-4,8,10-11H,5-7,9,16H2,1-2H3. The molecule has 0 radical (unpaired) electrons. The molecule has 2 atom stereocenters. The minimum atomic E-state index is 0.208. The highest BCUT2D eigenvalue weighted by Crippen LogP contribution is 2.30. The molecule has 0 saturated carbocycles. The molecule has 0 amide bonds. The van der Waals surface area contributed by atoms with E-state index in [1.165, 1.54) is 22.8 Å². The Morgan fingerprint density at radius 3 is 3.00 bits per heavy atom. The number of nitrogens with zero attached hydrogens (tertiary/aromatic N) is 1. The van der Waals surface area contributed by atoms with Crippen LogP contribution < -0.4 is 10.6 Å². The maximum Gasteiger partial charge on any atom is 0.0413 e. The van der Waals surface area contributed by atoms with Gasteiger partial charge in [0.15, 0.2) is 0 Å². The first-order valence-electron chi connectivity index (χ1n) is 6.46. The predicted octanol–water partition coefficient (Wildman–Crippen LogP) is 3.28. The van der Waals surface area contributed by atoms with Crippen molar-refractivity contribution >= 4 is 33.4 Å². The van der Waals surface area contributed by atoms with Crippen molar-refractivity contribution in [2.75, 3.05) is 23.0 Å². The third-order valence-electron chi connectivity index (χ3n) is 3.27. The van der Waals surface area contributed by atoms with Gasteiger partial charge in [0.1, 0.15) is 0 Å². The van der Waals surface area contributed by atoms with E-state index >= 15 is 0 Å². The highest BCUT2D eigenvalue weighted by atomic mass is 79.9. The molecule has 1 fully saturated rings. The summed E-state index contributed by atoms with van der Waals surface area (Å²) in [7, 11) is 0. The van der Waals surface area contributed by atoms with Crippen LogP contribution in [0, 0.1) is 0 Å². The van der Waals surface area contributed by atoms with E-state index in [4.69, 9.17) is 5.73 Å². The minimum absolute atomic E-state index is 0.208. The normalized spacial score (nSPS) is 22.0. The average Bonchev–Trinajstić information content (AvgIpc) is 2.32. The predicted molar refractivity (Wildman–Crippen MR) is 85.6 cm³/mol. The van der Waals surface area contributed by atoms with Gasteiger partial charge in [0.2, 0.25) is 0 Å². The summed E-state index contributed by atoms with van der Waals surface area (Å²) in [6.45, 7) is 5.51. The molecule has 4 heteroatoms. The monoisotopic (exact) mass is 328 g/mol. The largest absolute Gasteiger partial charge is 0.367 e. The van der Waals surface area contributed by atoms with Gasteiger partial charge in [0.25, 0.3) is 0 Å². The number of benzene rings is 1. The van der Waals surface area contributed by atoms with E-state index in [0.29, 0.717) is 6.04 Å². The number of thioether (sulfide) groups is 1. The summed E-state index contributed by atoms with van der Waals surface area (Å²) in [5, 5.41) is 0. The Kier molecular flexibility index (Phi) is 4.98. The summed E-state index contributed by atoms with van der Waals surface area (Å²) in [5.74, 6) is 2.43. The molecule has 0 aromatic heterocycles. The number of halogens is 1. The van der Waals surface area contributed by atoms with Crippen LogP contribution in [0.5, 0.6) is 0 Å². The molecule has 100 valence electrons. The molecular formula is C14H21BrN2S. The SMILES string of the molecule is CC(N)Cc1ccc(Br)cc1N1CCSCC1C. The number of nitrogens with two attached hydrogens (primary N) is 1. The molecule has 1 aliphatic rings. The topological polar surface area (TPSA) is 29.3 Å². The zero-order chi connectivity index (χ0) is 13.1. The zero-order valence-electron chi connectivity index (χ0n) is 11.0. The van der Waals surface area contributed by atoms with Crippen molar-refractivity contribution in [2.45, 2.75) is 32.4 Å². The molecule has 1 aromatic carbocycles. The van der Waals surface area contributed by atoms with Crippen LogP contribution in [0.25, 0.3) is 0 Å². The van der Waals surface area contributed by atoms with Crippen molar-refractivity contribution in [3.05, 3.63) is 28.2 Å². The second-order valence-corrected chi connectivity index (χ2v) is 7.14. The molecule has 2 rings (SSSR count). The van der Waals surface area contributed by atoms with Crippen LogP contribution in [0.2, 0.25) is 0 Å². The molecule has 2 N–H and O–H groups in total. The van der Waals surface area contributed by atoms with Crippen LogP contribution in [0.1, 0.15) is 19.4 Å². The molecule has 2 unspecified atom stereocenters. The van der Waals surface area contributed by atoms with Crippen molar-refractivity contribution in [2.24, 2.45) is 5.73 Å². The van der Waals surface area contributed by atoms with E-state index in [-0.39, 0.29) is 6.04 Å². The molecule has 1 aliphatic heterocycles. The second-order valence-electron chi connectivity index (χ2n) is 5.07. The molecule has 1 aromatic rings. The Labute approximate surface area is 122 Å². The summed E-state index contributed by atoms with van der Waals surface area (Å²) < 4.78 is 1.15. The first-order chi connectivity index (χ1) is 8.58. The van der Waals surface area contributed by atoms with Crippen LogP contribution in [0.15, 0.2) is 22.7 Å². The van der Waals surface area contributed by atoms with Crippen molar-refractivity contribution in [3.8, 4) is 0 Å². The lowest BCUT2D eigenvalue weighted by Gasteiger charge is -2.36. The number of anilines is 1. The molecule has 1 heterocycles. The summed E-state index contributed by atoms with van der Waals surface area (Å²) in [6.07, 6.45) is 0.943. The highest BCUT2D eigenvalue weighted by molar-refractivity contribution is 9.10. The number of rotatable bonds is 3. The van der Waals surface area contributed by atoms with E-state index in [2.05, 4.69) is 52.9 Å². The van der Waals surface area contributed by atoms with Crippen LogP contribution in [0.4, 0.5) is 5.69 Å². The maximum absolute atomic E-state index is 5.96. The van der Waals surface area contributed by atoms with Crippen LogP contribution in [0.3, 0.4) is 0 Å². The van der Waals surface area contributed by atoms with Gasteiger partial charge in [-0.3, -0.25) is 0 Å². The summed E-state index contributed by atoms with van der Waals surface area (Å²) in [5.41, 5.74) is 8.68. The first-order valence-corrected chi connectivity index (χ1v) is 8.41. The summed E-state index contributed by atoms with van der Waals surface area (Å²) in [6, 6.07) is 7.37. The summed E-state index contributed by atoms with van der Waals surface area (Å²) in [4.78, 5) is 2.53. The van der Waals surface area contributed by atoms with E-state index in [0.717, 1.165) is 17.4 Å². The lowest BCUT2D eigenvalue weighted by atomic mass is 10.0. The first kappa shape index (κ1) is 14.2. The Bertz CT molecular complexity index is 409. The Hall–Kier alpha value is -0.190. The van der Waals surface area contributed by atoms with Crippen LogP contribution >= 0.6 is 27.7 Å². The molecule has 0 bridgehead atoms. The third-order valence-corrected chi connectivity index (χ3v) is 4.95. The lowest BCUT2D eigenvalue weighted by Crippen LogP contribution is -2.41. The van der Waals surface area contributed by atoms with Crippen molar-refractivity contribution in [1.82, 2.24) is 0 Å². The van der Waals surface area contributed by atoms with Crippen molar-refractivity contribution in [3.63, 3.8) is 0 Å². The van der Waals surface area contributed by atoms with Crippen LogP contribution in [-0.4, -0.2) is 30.1 Å². The van der Waals surface area contributed by atoms with Crippen molar-refractivity contribution < 1.29 is 0 Å². The fourth-order valence-electron chi connectivity index (χ4n) is 2.41. The number of hydrogen-bond donors (Lipinski definition) is 1. The fourth-order valence-corrected chi connectivity index (χ4v) is 3.77. The second kappa shape index (κ2) is 6.31. The molecular weight excluding hydrogens is 308 g/mol.